The molecule has 18 nitrogen and oxygen atoms in total. The summed E-state index contributed by atoms with van der Waals surface area (Å²) in [6.45, 7) is 1.52. The van der Waals surface area contributed by atoms with Gasteiger partial charge in [0, 0.05) is 36.9 Å². The predicted molar refractivity (Wildman–Crippen MR) is 130 cm³/mol. The standard InChI is InChI=1S/C21H16N8O10/c1-2-39-21(30)25-10-9-24(16-6-4-14(27(33)34)12-18(16)29(37)38)20(25)19-22-7-8-23(19)15-5-3-13(26(31)32)11-17(15)28(35)36/h3-12,20H,2H2,1H3. The number of hydrogen-bond donors (Lipinski definition) is 0. The number of imidazole rings is 1. The van der Waals surface area contributed by atoms with Crippen molar-refractivity contribution in [2.24, 2.45) is 0 Å². The SMILES string of the molecule is CCOC(=O)N1C=CN(c2ccc([N+](=O)[O-])cc2[N+](=O)[O-])C1c1nccn1-c1ccc([N+](=O)[O-])cc1[N+](=O)[O-]. The first-order chi connectivity index (χ1) is 18.5. The van der Waals surface area contributed by atoms with Crippen LogP contribution in [0.4, 0.5) is 33.2 Å². The Bertz CT molecular complexity index is 1550. The molecule has 3 aromatic rings. The van der Waals surface area contributed by atoms with E-state index in [1.807, 2.05) is 0 Å². The maximum atomic E-state index is 12.8. The number of aromatic nitrogens is 2. The lowest BCUT2D eigenvalue weighted by atomic mass is 10.2. The van der Waals surface area contributed by atoms with E-state index < -0.39 is 54.7 Å². The molecule has 18 heteroatoms. The molecular weight excluding hydrogens is 524 g/mol. The number of rotatable bonds is 8. The van der Waals surface area contributed by atoms with Crippen LogP contribution in [0.1, 0.15) is 18.9 Å². The van der Waals surface area contributed by atoms with Crippen LogP contribution < -0.4 is 4.90 Å². The van der Waals surface area contributed by atoms with Crippen LogP contribution in [0.15, 0.2) is 61.2 Å². The number of nitro benzene ring substituents is 4. The Labute approximate surface area is 216 Å². The van der Waals surface area contributed by atoms with Crippen LogP contribution >= 0.6 is 0 Å². The van der Waals surface area contributed by atoms with Gasteiger partial charge < -0.3 is 9.64 Å². The van der Waals surface area contributed by atoms with E-state index in [4.69, 9.17) is 4.74 Å². The van der Waals surface area contributed by atoms with E-state index >= 15 is 0 Å². The van der Waals surface area contributed by atoms with E-state index in [-0.39, 0.29) is 23.8 Å². The predicted octanol–water partition coefficient (Wildman–Crippen LogP) is 3.95. The molecule has 39 heavy (non-hydrogen) atoms. The maximum absolute atomic E-state index is 12.8. The van der Waals surface area contributed by atoms with E-state index in [0.29, 0.717) is 0 Å². The number of carbonyl (C=O) groups is 1. The maximum Gasteiger partial charge on any atom is 0.415 e. The summed E-state index contributed by atoms with van der Waals surface area (Å²) >= 11 is 0. The molecular formula is C21H16N8O10. The molecule has 1 aliphatic rings. The van der Waals surface area contributed by atoms with E-state index in [9.17, 15) is 45.3 Å². The van der Waals surface area contributed by atoms with Gasteiger partial charge in [-0.15, -0.1) is 0 Å². The lowest BCUT2D eigenvalue weighted by molar-refractivity contribution is -0.394. The van der Waals surface area contributed by atoms with Crippen molar-refractivity contribution < 1.29 is 29.2 Å². The zero-order chi connectivity index (χ0) is 28.4. The van der Waals surface area contributed by atoms with Gasteiger partial charge in [0.2, 0.25) is 0 Å². The summed E-state index contributed by atoms with van der Waals surface area (Å²) < 4.78 is 6.27. The molecule has 1 unspecified atom stereocenters. The van der Waals surface area contributed by atoms with Crippen molar-refractivity contribution in [1.29, 1.82) is 0 Å². The second kappa shape index (κ2) is 10.2. The topological polar surface area (TPSA) is 223 Å². The third-order valence-electron chi connectivity index (χ3n) is 5.56. The minimum atomic E-state index is -1.32. The number of nitro groups is 4. The monoisotopic (exact) mass is 540 g/mol. The largest absolute Gasteiger partial charge is 0.449 e. The van der Waals surface area contributed by atoms with Crippen LogP contribution in [0.25, 0.3) is 5.69 Å². The Morgan fingerprint density at radius 3 is 1.97 bits per heavy atom. The molecule has 0 fully saturated rings. The minimum absolute atomic E-state index is 0.0319. The lowest BCUT2D eigenvalue weighted by Crippen LogP contribution is -2.37. The highest BCUT2D eigenvalue weighted by Gasteiger charge is 2.40. The fourth-order valence-corrected chi connectivity index (χ4v) is 3.94. The number of ether oxygens (including phenoxy) is 1. The first-order valence-electron chi connectivity index (χ1n) is 10.9. The average Bonchev–Trinajstić information content (AvgIpc) is 3.55. The lowest BCUT2D eigenvalue weighted by Gasteiger charge is -2.30. The first-order valence-corrected chi connectivity index (χ1v) is 10.9. The Morgan fingerprint density at radius 1 is 0.872 bits per heavy atom. The van der Waals surface area contributed by atoms with Gasteiger partial charge in [0.05, 0.1) is 38.4 Å². The van der Waals surface area contributed by atoms with Gasteiger partial charge in [0.1, 0.15) is 11.4 Å². The molecule has 0 saturated carbocycles. The van der Waals surface area contributed by atoms with Crippen molar-refractivity contribution in [3.05, 3.63) is 107 Å². The van der Waals surface area contributed by atoms with Crippen LogP contribution in [-0.2, 0) is 4.74 Å². The molecule has 0 saturated heterocycles. The van der Waals surface area contributed by atoms with E-state index in [1.54, 1.807) is 6.92 Å². The molecule has 1 aromatic heterocycles. The summed E-state index contributed by atoms with van der Waals surface area (Å²) in [5.41, 5.74) is -2.70. The summed E-state index contributed by atoms with van der Waals surface area (Å²) in [6, 6.07) is 5.82. The average molecular weight is 540 g/mol. The van der Waals surface area contributed by atoms with Crippen molar-refractivity contribution in [3.8, 4) is 5.69 Å². The van der Waals surface area contributed by atoms with Crippen molar-refractivity contribution in [1.82, 2.24) is 14.5 Å². The Balaban J connectivity index is 1.91. The number of anilines is 1. The van der Waals surface area contributed by atoms with E-state index in [1.165, 1.54) is 34.3 Å². The normalized spacial score (nSPS) is 14.3. The molecule has 0 N–H and O–H groups in total. The van der Waals surface area contributed by atoms with Crippen molar-refractivity contribution in [2.75, 3.05) is 11.5 Å². The molecule has 2 heterocycles. The molecule has 0 aliphatic carbocycles. The van der Waals surface area contributed by atoms with Crippen LogP contribution in [0.5, 0.6) is 0 Å². The second-order valence-corrected chi connectivity index (χ2v) is 7.72. The molecule has 0 radical (unpaired) electrons. The summed E-state index contributed by atoms with van der Waals surface area (Å²) in [7, 11) is 0. The summed E-state index contributed by atoms with van der Waals surface area (Å²) in [6.07, 6.45) is 2.83. The van der Waals surface area contributed by atoms with Crippen molar-refractivity contribution in [3.63, 3.8) is 0 Å². The van der Waals surface area contributed by atoms with E-state index in [0.717, 1.165) is 41.3 Å². The smallest absolute Gasteiger partial charge is 0.415 e. The zero-order valence-electron chi connectivity index (χ0n) is 19.7. The summed E-state index contributed by atoms with van der Waals surface area (Å²) in [5.74, 6) is -0.0716. The van der Waals surface area contributed by atoms with Crippen LogP contribution in [0.2, 0.25) is 0 Å². The Kier molecular flexibility index (Phi) is 6.84. The highest BCUT2D eigenvalue weighted by molar-refractivity contribution is 5.75. The van der Waals surface area contributed by atoms with Gasteiger partial charge in [-0.25, -0.2) is 9.78 Å². The zero-order valence-corrected chi connectivity index (χ0v) is 19.7. The molecule has 4 rings (SSSR count). The highest BCUT2D eigenvalue weighted by atomic mass is 16.6. The van der Waals surface area contributed by atoms with Gasteiger partial charge in [0.25, 0.3) is 22.7 Å². The van der Waals surface area contributed by atoms with Gasteiger partial charge in [-0.05, 0) is 19.1 Å². The molecule has 0 spiro atoms. The van der Waals surface area contributed by atoms with Crippen LogP contribution in [0.3, 0.4) is 0 Å². The number of hydrogen-bond acceptors (Lipinski definition) is 12. The highest BCUT2D eigenvalue weighted by Crippen LogP contribution is 2.42. The molecule has 0 bridgehead atoms. The molecule has 2 aromatic carbocycles. The third-order valence-corrected chi connectivity index (χ3v) is 5.56. The summed E-state index contributed by atoms with van der Waals surface area (Å²) in [5, 5.41) is 46.0. The first kappa shape index (κ1) is 26.1. The quantitative estimate of drug-likeness (QED) is 0.292. The van der Waals surface area contributed by atoms with Gasteiger partial charge in [0.15, 0.2) is 12.0 Å². The molecule has 1 atom stereocenters. The minimum Gasteiger partial charge on any atom is -0.449 e. The fraction of sp³-hybridized carbons (Fsp3) is 0.143. The number of carbonyl (C=O) groups excluding carboxylic acids is 1. The molecule has 200 valence electrons. The van der Waals surface area contributed by atoms with Gasteiger partial charge in [-0.3, -0.25) is 49.9 Å². The van der Waals surface area contributed by atoms with Gasteiger partial charge in [-0.1, -0.05) is 0 Å². The molecule has 1 amide bonds. The van der Waals surface area contributed by atoms with Gasteiger partial charge >= 0.3 is 6.09 Å². The van der Waals surface area contributed by atoms with Crippen molar-refractivity contribution in [2.45, 2.75) is 13.1 Å². The second-order valence-electron chi connectivity index (χ2n) is 7.72. The van der Waals surface area contributed by atoms with Crippen LogP contribution in [0, 0.1) is 40.5 Å². The van der Waals surface area contributed by atoms with Gasteiger partial charge in [-0.2, -0.15) is 0 Å². The fourth-order valence-electron chi connectivity index (χ4n) is 3.94. The number of nitrogens with zero attached hydrogens (tertiary/aromatic N) is 8. The Hall–Kier alpha value is -5.94. The molecule has 1 aliphatic heterocycles. The Morgan fingerprint density at radius 2 is 1.44 bits per heavy atom. The van der Waals surface area contributed by atoms with Crippen LogP contribution in [-0.4, -0.2) is 46.8 Å². The third kappa shape index (κ3) is 4.75. The number of benzene rings is 2. The number of non-ortho nitro benzene ring substituents is 2. The summed E-state index contributed by atoms with van der Waals surface area (Å²) in [4.78, 5) is 62.0. The van der Waals surface area contributed by atoms with E-state index in [2.05, 4.69) is 4.98 Å². The van der Waals surface area contributed by atoms with Crippen molar-refractivity contribution >= 4 is 34.5 Å². The number of amides is 1.